The molecule has 2 aromatic carbocycles. The minimum absolute atomic E-state index is 0.0469. The Hall–Kier alpha value is -1.72. The fraction of sp³-hybridized carbons (Fsp3) is 0.200. The standard InChI is InChI=1S/C15H13ClF3NO/c16-14-10(2-1-3-12(14)17)8-13(20)9-4-6-11(7-5-9)21-15(18)19/h1-7,13,15H,8,20H2. The van der Waals surface area contributed by atoms with Crippen LogP contribution in [0.5, 0.6) is 5.75 Å². The highest BCUT2D eigenvalue weighted by molar-refractivity contribution is 6.31. The molecular weight excluding hydrogens is 303 g/mol. The van der Waals surface area contributed by atoms with Crippen LogP contribution >= 0.6 is 11.6 Å². The van der Waals surface area contributed by atoms with Gasteiger partial charge in [-0.25, -0.2) is 4.39 Å². The number of nitrogens with two attached hydrogens (primary N) is 1. The second-order valence-corrected chi connectivity index (χ2v) is 4.85. The van der Waals surface area contributed by atoms with Gasteiger partial charge in [0.25, 0.3) is 0 Å². The number of hydrogen-bond acceptors (Lipinski definition) is 2. The number of benzene rings is 2. The van der Waals surface area contributed by atoms with Gasteiger partial charge in [0.2, 0.25) is 0 Å². The van der Waals surface area contributed by atoms with E-state index in [2.05, 4.69) is 4.74 Å². The van der Waals surface area contributed by atoms with E-state index in [4.69, 9.17) is 17.3 Å². The number of rotatable bonds is 5. The SMILES string of the molecule is NC(Cc1cccc(F)c1Cl)c1ccc(OC(F)F)cc1. The second kappa shape index (κ2) is 6.83. The molecule has 0 aliphatic heterocycles. The van der Waals surface area contributed by atoms with Gasteiger partial charge in [-0.3, -0.25) is 0 Å². The molecule has 1 atom stereocenters. The zero-order valence-corrected chi connectivity index (χ0v) is 11.7. The summed E-state index contributed by atoms with van der Waals surface area (Å²) in [6.07, 6.45) is 0.339. The molecule has 112 valence electrons. The van der Waals surface area contributed by atoms with Crippen molar-refractivity contribution in [3.8, 4) is 5.75 Å². The zero-order chi connectivity index (χ0) is 15.4. The molecule has 0 aromatic heterocycles. The third-order valence-electron chi connectivity index (χ3n) is 3.00. The molecule has 0 saturated heterocycles. The van der Waals surface area contributed by atoms with Crippen LogP contribution in [0.4, 0.5) is 13.2 Å². The van der Waals surface area contributed by atoms with Gasteiger partial charge in [0.05, 0.1) is 5.02 Å². The van der Waals surface area contributed by atoms with E-state index < -0.39 is 18.5 Å². The number of hydrogen-bond donors (Lipinski definition) is 1. The van der Waals surface area contributed by atoms with Crippen LogP contribution in [0.2, 0.25) is 5.02 Å². The summed E-state index contributed by atoms with van der Waals surface area (Å²) in [4.78, 5) is 0. The van der Waals surface area contributed by atoms with Crippen LogP contribution in [0.15, 0.2) is 42.5 Å². The summed E-state index contributed by atoms with van der Waals surface area (Å²) in [5.74, 6) is -0.438. The van der Waals surface area contributed by atoms with E-state index in [9.17, 15) is 13.2 Å². The van der Waals surface area contributed by atoms with E-state index in [-0.39, 0.29) is 10.8 Å². The van der Waals surface area contributed by atoms with E-state index in [1.165, 1.54) is 18.2 Å². The van der Waals surface area contributed by atoms with Gasteiger partial charge in [-0.05, 0) is 35.7 Å². The van der Waals surface area contributed by atoms with Crippen molar-refractivity contribution in [1.29, 1.82) is 0 Å². The first kappa shape index (κ1) is 15.7. The predicted molar refractivity (Wildman–Crippen MR) is 75.1 cm³/mol. The molecule has 0 aliphatic carbocycles. The van der Waals surface area contributed by atoms with Crippen molar-refractivity contribution >= 4 is 11.6 Å². The zero-order valence-electron chi connectivity index (χ0n) is 10.9. The van der Waals surface area contributed by atoms with Gasteiger partial charge < -0.3 is 10.5 Å². The lowest BCUT2D eigenvalue weighted by atomic mass is 9.99. The number of halogens is 4. The molecule has 0 bridgehead atoms. The minimum Gasteiger partial charge on any atom is -0.435 e. The third-order valence-corrected chi connectivity index (χ3v) is 3.43. The van der Waals surface area contributed by atoms with Crippen LogP contribution in [0.1, 0.15) is 17.2 Å². The van der Waals surface area contributed by atoms with Gasteiger partial charge in [0.15, 0.2) is 0 Å². The van der Waals surface area contributed by atoms with Crippen LogP contribution < -0.4 is 10.5 Å². The van der Waals surface area contributed by atoms with E-state index in [1.54, 1.807) is 24.3 Å². The maximum atomic E-state index is 13.3. The highest BCUT2D eigenvalue weighted by atomic mass is 35.5. The Morgan fingerprint density at radius 1 is 1.10 bits per heavy atom. The molecule has 0 amide bonds. The third kappa shape index (κ3) is 4.12. The van der Waals surface area contributed by atoms with Crippen LogP contribution in [-0.2, 0) is 6.42 Å². The number of ether oxygens (including phenoxy) is 1. The first-order chi connectivity index (χ1) is 9.97. The molecule has 0 heterocycles. The van der Waals surface area contributed by atoms with Gasteiger partial charge in [-0.1, -0.05) is 35.9 Å². The molecule has 0 spiro atoms. The molecule has 2 aromatic rings. The van der Waals surface area contributed by atoms with Crippen molar-refractivity contribution in [2.45, 2.75) is 19.1 Å². The molecule has 2 N–H and O–H groups in total. The van der Waals surface area contributed by atoms with Crippen molar-refractivity contribution in [2.75, 3.05) is 0 Å². The van der Waals surface area contributed by atoms with Gasteiger partial charge in [-0.2, -0.15) is 8.78 Å². The molecule has 6 heteroatoms. The maximum Gasteiger partial charge on any atom is 0.387 e. The van der Waals surface area contributed by atoms with Gasteiger partial charge >= 0.3 is 6.61 Å². The average Bonchev–Trinajstić information content (AvgIpc) is 2.44. The first-order valence-electron chi connectivity index (χ1n) is 6.20. The monoisotopic (exact) mass is 315 g/mol. The second-order valence-electron chi connectivity index (χ2n) is 4.47. The lowest BCUT2D eigenvalue weighted by molar-refractivity contribution is -0.0498. The Labute approximate surface area is 125 Å². The summed E-state index contributed by atoms with van der Waals surface area (Å²) in [5.41, 5.74) is 7.34. The summed E-state index contributed by atoms with van der Waals surface area (Å²) in [7, 11) is 0. The smallest absolute Gasteiger partial charge is 0.387 e. The van der Waals surface area contributed by atoms with Crippen molar-refractivity contribution in [3.63, 3.8) is 0 Å². The maximum absolute atomic E-state index is 13.3. The van der Waals surface area contributed by atoms with Crippen LogP contribution in [-0.4, -0.2) is 6.61 Å². The molecule has 2 rings (SSSR count). The fourth-order valence-electron chi connectivity index (χ4n) is 1.96. The summed E-state index contributed by atoms with van der Waals surface area (Å²) in [6, 6.07) is 10.1. The topological polar surface area (TPSA) is 35.2 Å². The van der Waals surface area contributed by atoms with Gasteiger partial charge in [0.1, 0.15) is 11.6 Å². The summed E-state index contributed by atoms with van der Waals surface area (Å²) < 4.78 is 41.7. The molecule has 0 aliphatic rings. The Morgan fingerprint density at radius 2 is 1.76 bits per heavy atom. The summed E-state index contributed by atoms with van der Waals surface area (Å²) in [5, 5.41) is 0.0469. The first-order valence-corrected chi connectivity index (χ1v) is 6.58. The molecule has 1 unspecified atom stereocenters. The Kier molecular flexibility index (Phi) is 5.09. The quantitative estimate of drug-likeness (QED) is 0.891. The summed E-state index contributed by atoms with van der Waals surface area (Å²) >= 11 is 5.87. The van der Waals surface area contributed by atoms with Crippen molar-refractivity contribution in [3.05, 3.63) is 64.4 Å². The lowest BCUT2D eigenvalue weighted by Gasteiger charge is -2.14. The average molecular weight is 316 g/mol. The minimum atomic E-state index is -2.87. The fourth-order valence-corrected chi connectivity index (χ4v) is 2.16. The Morgan fingerprint density at radius 3 is 2.38 bits per heavy atom. The largest absolute Gasteiger partial charge is 0.435 e. The van der Waals surface area contributed by atoms with Gasteiger partial charge in [0, 0.05) is 6.04 Å². The highest BCUT2D eigenvalue weighted by Gasteiger charge is 2.12. The van der Waals surface area contributed by atoms with Crippen LogP contribution in [0.3, 0.4) is 0 Å². The van der Waals surface area contributed by atoms with Crippen molar-refractivity contribution in [2.24, 2.45) is 5.73 Å². The molecule has 0 radical (unpaired) electrons. The van der Waals surface area contributed by atoms with Crippen LogP contribution in [0.25, 0.3) is 0 Å². The van der Waals surface area contributed by atoms with Crippen LogP contribution in [0, 0.1) is 5.82 Å². The normalized spacial score (nSPS) is 12.5. The Bertz CT molecular complexity index is 604. The number of alkyl halides is 2. The molecular formula is C15H13ClF3NO. The van der Waals surface area contributed by atoms with E-state index in [1.807, 2.05) is 0 Å². The van der Waals surface area contributed by atoms with E-state index in [0.29, 0.717) is 12.0 Å². The molecule has 2 nitrogen and oxygen atoms in total. The van der Waals surface area contributed by atoms with E-state index in [0.717, 1.165) is 5.56 Å². The van der Waals surface area contributed by atoms with Crippen molar-refractivity contribution < 1.29 is 17.9 Å². The molecule has 21 heavy (non-hydrogen) atoms. The summed E-state index contributed by atoms with van der Waals surface area (Å²) in [6.45, 7) is -2.87. The van der Waals surface area contributed by atoms with Crippen molar-refractivity contribution in [1.82, 2.24) is 0 Å². The van der Waals surface area contributed by atoms with Gasteiger partial charge in [-0.15, -0.1) is 0 Å². The highest BCUT2D eigenvalue weighted by Crippen LogP contribution is 2.25. The molecule has 0 saturated carbocycles. The predicted octanol–water partition coefficient (Wildman–Crippen LogP) is 4.32. The van der Waals surface area contributed by atoms with E-state index >= 15 is 0 Å². The lowest BCUT2D eigenvalue weighted by Crippen LogP contribution is -2.14. The Balaban J connectivity index is 2.09. The molecule has 0 fully saturated rings.